The average Bonchev–Trinajstić information content (AvgIpc) is 2.32. The number of nitrogens with zero attached hydrogens (tertiary/aromatic N) is 2. The zero-order chi connectivity index (χ0) is 12.3. The molecular formula is C13H20FN3. The van der Waals surface area contributed by atoms with Gasteiger partial charge in [-0.25, -0.2) is 4.39 Å². The number of anilines is 1. The Morgan fingerprint density at radius 3 is 2.65 bits per heavy atom. The maximum atomic E-state index is 13.8. The topological polar surface area (TPSA) is 18.5 Å². The maximum absolute atomic E-state index is 13.8. The molecule has 0 unspecified atom stereocenters. The standard InChI is InChI=1S/C13H20FN3/c1-16(2)10-11-3-4-12(14)13(9-11)17-7-5-15-6-8-17/h3-4,9,15H,5-8,10H2,1-2H3. The van der Waals surface area contributed by atoms with Gasteiger partial charge in [0.2, 0.25) is 0 Å². The van der Waals surface area contributed by atoms with Gasteiger partial charge in [0.1, 0.15) is 5.82 Å². The van der Waals surface area contributed by atoms with Crippen LogP contribution in [0.1, 0.15) is 5.56 Å². The lowest BCUT2D eigenvalue weighted by molar-refractivity contribution is 0.402. The van der Waals surface area contributed by atoms with E-state index in [0.717, 1.165) is 44.0 Å². The number of hydrogen-bond acceptors (Lipinski definition) is 3. The molecule has 1 fully saturated rings. The van der Waals surface area contributed by atoms with Crippen LogP contribution < -0.4 is 10.2 Å². The van der Waals surface area contributed by atoms with E-state index in [4.69, 9.17) is 0 Å². The second kappa shape index (κ2) is 5.47. The average molecular weight is 237 g/mol. The van der Waals surface area contributed by atoms with E-state index >= 15 is 0 Å². The summed E-state index contributed by atoms with van der Waals surface area (Å²) < 4.78 is 13.8. The maximum Gasteiger partial charge on any atom is 0.146 e. The molecule has 0 amide bonds. The molecular weight excluding hydrogens is 217 g/mol. The van der Waals surface area contributed by atoms with E-state index in [1.165, 1.54) is 0 Å². The molecule has 1 aromatic rings. The van der Waals surface area contributed by atoms with Gasteiger partial charge in [0.15, 0.2) is 0 Å². The summed E-state index contributed by atoms with van der Waals surface area (Å²) in [4.78, 5) is 4.21. The molecule has 2 rings (SSSR count). The van der Waals surface area contributed by atoms with E-state index in [-0.39, 0.29) is 5.82 Å². The summed E-state index contributed by atoms with van der Waals surface area (Å²) in [5, 5.41) is 3.28. The van der Waals surface area contributed by atoms with Crippen molar-refractivity contribution in [3.63, 3.8) is 0 Å². The highest BCUT2D eigenvalue weighted by molar-refractivity contribution is 5.50. The molecule has 0 aliphatic carbocycles. The van der Waals surface area contributed by atoms with Crippen molar-refractivity contribution < 1.29 is 4.39 Å². The first-order valence-corrected chi connectivity index (χ1v) is 6.05. The highest BCUT2D eigenvalue weighted by Gasteiger charge is 2.14. The van der Waals surface area contributed by atoms with Crippen LogP contribution in [0.2, 0.25) is 0 Å². The first-order valence-electron chi connectivity index (χ1n) is 6.05. The molecule has 1 aliphatic heterocycles. The van der Waals surface area contributed by atoms with Crippen LogP contribution in [0.4, 0.5) is 10.1 Å². The predicted molar refractivity (Wildman–Crippen MR) is 68.9 cm³/mol. The van der Waals surface area contributed by atoms with Crippen LogP contribution in [0, 0.1) is 5.82 Å². The largest absolute Gasteiger partial charge is 0.367 e. The van der Waals surface area contributed by atoms with E-state index in [9.17, 15) is 4.39 Å². The number of rotatable bonds is 3. The molecule has 4 heteroatoms. The Morgan fingerprint density at radius 1 is 1.29 bits per heavy atom. The fourth-order valence-corrected chi connectivity index (χ4v) is 2.17. The fraction of sp³-hybridized carbons (Fsp3) is 0.538. The summed E-state index contributed by atoms with van der Waals surface area (Å²) in [6.07, 6.45) is 0. The lowest BCUT2D eigenvalue weighted by Crippen LogP contribution is -2.43. The van der Waals surface area contributed by atoms with E-state index < -0.39 is 0 Å². The molecule has 1 aliphatic rings. The monoisotopic (exact) mass is 237 g/mol. The predicted octanol–water partition coefficient (Wildman–Crippen LogP) is 1.30. The summed E-state index contributed by atoms with van der Waals surface area (Å²) in [5.41, 5.74) is 1.90. The van der Waals surface area contributed by atoms with Gasteiger partial charge in [0.05, 0.1) is 5.69 Å². The second-order valence-electron chi connectivity index (χ2n) is 4.76. The van der Waals surface area contributed by atoms with E-state index in [0.29, 0.717) is 0 Å². The number of benzene rings is 1. The van der Waals surface area contributed by atoms with Crippen LogP contribution in [-0.4, -0.2) is 45.2 Å². The van der Waals surface area contributed by atoms with Crippen molar-refractivity contribution in [2.45, 2.75) is 6.54 Å². The lowest BCUT2D eigenvalue weighted by atomic mass is 10.1. The molecule has 0 saturated carbocycles. The molecule has 1 aromatic carbocycles. The molecule has 0 atom stereocenters. The van der Waals surface area contributed by atoms with Crippen LogP contribution in [0.3, 0.4) is 0 Å². The highest BCUT2D eigenvalue weighted by atomic mass is 19.1. The van der Waals surface area contributed by atoms with Gasteiger partial charge in [-0.3, -0.25) is 0 Å². The molecule has 0 bridgehead atoms. The van der Waals surface area contributed by atoms with Crippen molar-refractivity contribution >= 4 is 5.69 Å². The van der Waals surface area contributed by atoms with Gasteiger partial charge in [-0.1, -0.05) is 6.07 Å². The Balaban J connectivity index is 2.19. The number of nitrogens with one attached hydrogen (secondary N) is 1. The summed E-state index contributed by atoms with van der Waals surface area (Å²) >= 11 is 0. The zero-order valence-electron chi connectivity index (χ0n) is 10.5. The van der Waals surface area contributed by atoms with Crippen molar-refractivity contribution in [1.82, 2.24) is 10.2 Å². The Morgan fingerprint density at radius 2 is 2.00 bits per heavy atom. The minimum atomic E-state index is -0.116. The second-order valence-corrected chi connectivity index (χ2v) is 4.76. The third-order valence-electron chi connectivity index (χ3n) is 2.97. The summed E-state index contributed by atoms with van der Waals surface area (Å²) in [6.45, 7) is 4.46. The van der Waals surface area contributed by atoms with Crippen LogP contribution in [0.5, 0.6) is 0 Å². The SMILES string of the molecule is CN(C)Cc1ccc(F)c(N2CCNCC2)c1. The first kappa shape index (κ1) is 12.3. The van der Waals surface area contributed by atoms with Crippen LogP contribution in [-0.2, 0) is 6.54 Å². The smallest absolute Gasteiger partial charge is 0.146 e. The third kappa shape index (κ3) is 3.17. The molecule has 94 valence electrons. The summed E-state index contributed by atoms with van der Waals surface area (Å²) in [6, 6.07) is 5.41. The van der Waals surface area contributed by atoms with Gasteiger partial charge in [0.25, 0.3) is 0 Å². The molecule has 1 heterocycles. The molecule has 0 aromatic heterocycles. The number of hydrogen-bond donors (Lipinski definition) is 1. The quantitative estimate of drug-likeness (QED) is 0.855. The Kier molecular flexibility index (Phi) is 3.97. The van der Waals surface area contributed by atoms with Crippen LogP contribution >= 0.6 is 0 Å². The van der Waals surface area contributed by atoms with Crippen molar-refractivity contribution in [3.8, 4) is 0 Å². The van der Waals surface area contributed by atoms with E-state index in [1.807, 2.05) is 26.2 Å². The Labute approximate surface area is 102 Å². The van der Waals surface area contributed by atoms with Gasteiger partial charge in [-0.05, 0) is 31.8 Å². The minimum Gasteiger partial charge on any atom is -0.367 e. The van der Waals surface area contributed by atoms with Gasteiger partial charge in [0, 0.05) is 32.7 Å². The van der Waals surface area contributed by atoms with Crippen molar-refractivity contribution in [3.05, 3.63) is 29.6 Å². The molecule has 17 heavy (non-hydrogen) atoms. The van der Waals surface area contributed by atoms with Gasteiger partial charge in [-0.2, -0.15) is 0 Å². The van der Waals surface area contributed by atoms with Gasteiger partial charge >= 0.3 is 0 Å². The Bertz CT molecular complexity index is 373. The number of halogens is 1. The summed E-state index contributed by atoms with van der Waals surface area (Å²) in [5.74, 6) is -0.116. The summed E-state index contributed by atoms with van der Waals surface area (Å²) in [7, 11) is 4.04. The normalized spacial score (nSPS) is 16.6. The molecule has 0 spiro atoms. The zero-order valence-corrected chi connectivity index (χ0v) is 10.5. The van der Waals surface area contributed by atoms with Crippen molar-refractivity contribution in [2.75, 3.05) is 45.2 Å². The van der Waals surface area contributed by atoms with Gasteiger partial charge in [-0.15, -0.1) is 0 Å². The Hall–Kier alpha value is -1.13. The van der Waals surface area contributed by atoms with E-state index in [2.05, 4.69) is 15.1 Å². The van der Waals surface area contributed by atoms with Gasteiger partial charge < -0.3 is 15.1 Å². The molecule has 0 radical (unpaired) electrons. The first-order chi connectivity index (χ1) is 8.16. The number of piperazine rings is 1. The van der Waals surface area contributed by atoms with Crippen molar-refractivity contribution in [2.24, 2.45) is 0 Å². The van der Waals surface area contributed by atoms with E-state index in [1.54, 1.807) is 6.07 Å². The molecule has 3 nitrogen and oxygen atoms in total. The molecule has 1 N–H and O–H groups in total. The minimum absolute atomic E-state index is 0.116. The third-order valence-corrected chi connectivity index (χ3v) is 2.97. The molecule has 1 saturated heterocycles. The van der Waals surface area contributed by atoms with Crippen molar-refractivity contribution in [1.29, 1.82) is 0 Å². The highest BCUT2D eigenvalue weighted by Crippen LogP contribution is 2.21. The van der Waals surface area contributed by atoms with Crippen LogP contribution in [0.25, 0.3) is 0 Å². The van der Waals surface area contributed by atoms with Crippen LogP contribution in [0.15, 0.2) is 18.2 Å². The lowest BCUT2D eigenvalue weighted by Gasteiger charge is -2.30. The fourth-order valence-electron chi connectivity index (χ4n) is 2.17.